The van der Waals surface area contributed by atoms with E-state index in [2.05, 4.69) is 47.5 Å². The highest BCUT2D eigenvalue weighted by Gasteiger charge is 2.12. The molecule has 1 aliphatic rings. The van der Waals surface area contributed by atoms with Gasteiger partial charge in [0.2, 0.25) is 0 Å². The molecular formula is C24H34N2O3. The van der Waals surface area contributed by atoms with Crippen LogP contribution in [0.25, 0.3) is 0 Å². The Morgan fingerprint density at radius 3 is 2.59 bits per heavy atom. The Balaban J connectivity index is 1.53. The number of rotatable bonds is 11. The molecular weight excluding hydrogens is 364 g/mol. The first kappa shape index (κ1) is 21.6. The van der Waals surface area contributed by atoms with E-state index >= 15 is 0 Å². The number of nitrogens with one attached hydrogen (secondary N) is 1. The van der Waals surface area contributed by atoms with E-state index in [1.54, 1.807) is 0 Å². The summed E-state index contributed by atoms with van der Waals surface area (Å²) in [6.45, 7) is 11.9. The summed E-state index contributed by atoms with van der Waals surface area (Å²) >= 11 is 0. The van der Waals surface area contributed by atoms with Gasteiger partial charge in [-0.1, -0.05) is 42.0 Å². The fourth-order valence-electron chi connectivity index (χ4n) is 3.45. The number of hydrogen-bond donors (Lipinski definition) is 1. The molecule has 0 spiro atoms. The molecule has 1 heterocycles. The minimum atomic E-state index is 0.536. The van der Waals surface area contributed by atoms with Crippen molar-refractivity contribution in [3.05, 3.63) is 59.2 Å². The van der Waals surface area contributed by atoms with Crippen molar-refractivity contribution in [3.63, 3.8) is 0 Å². The minimum Gasteiger partial charge on any atom is -0.490 e. The van der Waals surface area contributed by atoms with Crippen molar-refractivity contribution in [3.8, 4) is 11.5 Å². The van der Waals surface area contributed by atoms with Gasteiger partial charge in [-0.2, -0.15) is 0 Å². The molecule has 3 rings (SSSR count). The topological polar surface area (TPSA) is 43.0 Å². The summed E-state index contributed by atoms with van der Waals surface area (Å²) in [5, 5.41) is 3.56. The first-order valence-electron chi connectivity index (χ1n) is 10.7. The third kappa shape index (κ3) is 7.03. The Labute approximate surface area is 175 Å². The van der Waals surface area contributed by atoms with Gasteiger partial charge in [0.05, 0.1) is 19.8 Å². The van der Waals surface area contributed by atoms with Crippen molar-refractivity contribution in [2.75, 3.05) is 46.0 Å². The predicted molar refractivity (Wildman–Crippen MR) is 117 cm³/mol. The molecule has 1 saturated heterocycles. The summed E-state index contributed by atoms with van der Waals surface area (Å²) in [4.78, 5) is 2.47. The van der Waals surface area contributed by atoms with Crippen LogP contribution < -0.4 is 14.8 Å². The minimum absolute atomic E-state index is 0.536. The molecule has 0 radical (unpaired) electrons. The molecule has 0 aromatic heterocycles. The quantitative estimate of drug-likeness (QED) is 0.584. The summed E-state index contributed by atoms with van der Waals surface area (Å²) in [6, 6.07) is 14.6. The van der Waals surface area contributed by atoms with Gasteiger partial charge in [-0.25, -0.2) is 0 Å². The van der Waals surface area contributed by atoms with E-state index in [-0.39, 0.29) is 0 Å². The molecule has 0 unspecified atom stereocenters. The second-order valence-electron chi connectivity index (χ2n) is 7.44. The molecule has 1 fully saturated rings. The lowest BCUT2D eigenvalue weighted by Gasteiger charge is -2.26. The third-order valence-corrected chi connectivity index (χ3v) is 5.11. The molecule has 1 N–H and O–H groups in total. The maximum absolute atomic E-state index is 6.21. The predicted octanol–water partition coefficient (Wildman–Crippen LogP) is 3.78. The normalized spacial score (nSPS) is 14.7. The van der Waals surface area contributed by atoms with Crippen LogP contribution in [0.15, 0.2) is 42.5 Å². The van der Waals surface area contributed by atoms with E-state index < -0.39 is 0 Å². The van der Waals surface area contributed by atoms with Crippen LogP contribution >= 0.6 is 0 Å². The van der Waals surface area contributed by atoms with Gasteiger partial charge in [0, 0.05) is 25.2 Å². The number of aryl methyl sites for hydroxylation is 1. The zero-order chi connectivity index (χ0) is 20.3. The van der Waals surface area contributed by atoms with Crippen molar-refractivity contribution < 1.29 is 14.2 Å². The van der Waals surface area contributed by atoms with Crippen LogP contribution in [0.2, 0.25) is 0 Å². The standard InChI is InChI=1S/C24H34N2O3/c1-3-28-23-7-4-6-22(18-25-12-5-13-26-14-16-27-17-15-26)24(23)29-19-21-10-8-20(2)9-11-21/h4,6-11,25H,3,5,12-19H2,1-2H3. The van der Waals surface area contributed by atoms with Gasteiger partial charge < -0.3 is 19.5 Å². The summed E-state index contributed by atoms with van der Waals surface area (Å²) in [7, 11) is 0. The SMILES string of the molecule is CCOc1cccc(CNCCCN2CCOCC2)c1OCc1ccc(C)cc1. The third-order valence-electron chi connectivity index (χ3n) is 5.11. The Kier molecular flexibility index (Phi) is 8.81. The largest absolute Gasteiger partial charge is 0.490 e. The fourth-order valence-corrected chi connectivity index (χ4v) is 3.45. The molecule has 0 amide bonds. The molecule has 29 heavy (non-hydrogen) atoms. The maximum atomic E-state index is 6.21. The zero-order valence-corrected chi connectivity index (χ0v) is 17.8. The first-order chi connectivity index (χ1) is 14.3. The Hall–Kier alpha value is -2.08. The average Bonchev–Trinajstić information content (AvgIpc) is 2.75. The molecule has 2 aromatic rings. The summed E-state index contributed by atoms with van der Waals surface area (Å²) in [6.07, 6.45) is 1.13. The van der Waals surface area contributed by atoms with Crippen LogP contribution in [-0.2, 0) is 17.9 Å². The van der Waals surface area contributed by atoms with Gasteiger partial charge in [-0.05, 0) is 45.0 Å². The number of ether oxygens (including phenoxy) is 3. The van der Waals surface area contributed by atoms with Gasteiger partial charge in [-0.15, -0.1) is 0 Å². The van der Waals surface area contributed by atoms with Crippen molar-refractivity contribution in [1.29, 1.82) is 0 Å². The van der Waals surface area contributed by atoms with E-state index in [0.29, 0.717) is 13.2 Å². The van der Waals surface area contributed by atoms with Crippen LogP contribution in [0.4, 0.5) is 0 Å². The van der Waals surface area contributed by atoms with Crippen molar-refractivity contribution in [2.45, 2.75) is 33.4 Å². The van der Waals surface area contributed by atoms with Gasteiger partial charge in [0.1, 0.15) is 6.61 Å². The lowest BCUT2D eigenvalue weighted by atomic mass is 10.1. The second-order valence-corrected chi connectivity index (χ2v) is 7.44. The van der Waals surface area contributed by atoms with Crippen molar-refractivity contribution in [2.24, 2.45) is 0 Å². The van der Waals surface area contributed by atoms with Crippen LogP contribution in [0.3, 0.4) is 0 Å². The highest BCUT2D eigenvalue weighted by atomic mass is 16.5. The van der Waals surface area contributed by atoms with Gasteiger partial charge in [-0.3, -0.25) is 4.90 Å². The lowest BCUT2D eigenvalue weighted by molar-refractivity contribution is 0.0374. The molecule has 5 nitrogen and oxygen atoms in total. The molecule has 5 heteroatoms. The van der Waals surface area contributed by atoms with Gasteiger partial charge in [0.25, 0.3) is 0 Å². The zero-order valence-electron chi connectivity index (χ0n) is 17.8. The number of nitrogens with zero attached hydrogens (tertiary/aromatic N) is 1. The maximum Gasteiger partial charge on any atom is 0.166 e. The van der Waals surface area contributed by atoms with E-state index in [1.165, 1.54) is 5.56 Å². The van der Waals surface area contributed by atoms with Crippen LogP contribution in [0.5, 0.6) is 11.5 Å². The monoisotopic (exact) mass is 398 g/mol. The Morgan fingerprint density at radius 1 is 1.03 bits per heavy atom. The van der Waals surface area contributed by atoms with E-state index in [0.717, 1.165) is 75.0 Å². The Morgan fingerprint density at radius 2 is 1.83 bits per heavy atom. The van der Waals surface area contributed by atoms with Gasteiger partial charge >= 0.3 is 0 Å². The number of hydrogen-bond acceptors (Lipinski definition) is 5. The fraction of sp³-hybridized carbons (Fsp3) is 0.500. The summed E-state index contributed by atoms with van der Waals surface area (Å²) < 4.78 is 17.4. The van der Waals surface area contributed by atoms with Gasteiger partial charge in [0.15, 0.2) is 11.5 Å². The molecule has 1 aliphatic heterocycles. The molecule has 0 bridgehead atoms. The summed E-state index contributed by atoms with van der Waals surface area (Å²) in [5.74, 6) is 1.66. The van der Waals surface area contributed by atoms with E-state index in [9.17, 15) is 0 Å². The highest BCUT2D eigenvalue weighted by molar-refractivity contribution is 5.46. The first-order valence-corrected chi connectivity index (χ1v) is 10.7. The lowest BCUT2D eigenvalue weighted by Crippen LogP contribution is -2.37. The van der Waals surface area contributed by atoms with E-state index in [4.69, 9.17) is 14.2 Å². The van der Waals surface area contributed by atoms with E-state index in [1.807, 2.05) is 19.1 Å². The van der Waals surface area contributed by atoms with Crippen molar-refractivity contribution in [1.82, 2.24) is 10.2 Å². The van der Waals surface area contributed by atoms with Crippen LogP contribution in [-0.4, -0.2) is 50.9 Å². The van der Waals surface area contributed by atoms with Crippen molar-refractivity contribution >= 4 is 0 Å². The molecule has 0 saturated carbocycles. The number of morpholine rings is 1. The highest BCUT2D eigenvalue weighted by Crippen LogP contribution is 2.32. The second kappa shape index (κ2) is 11.8. The molecule has 158 valence electrons. The summed E-state index contributed by atoms with van der Waals surface area (Å²) in [5.41, 5.74) is 3.55. The van der Waals surface area contributed by atoms with Crippen LogP contribution in [0.1, 0.15) is 30.0 Å². The average molecular weight is 399 g/mol. The number of para-hydroxylation sites is 1. The Bertz CT molecular complexity index is 727. The smallest absolute Gasteiger partial charge is 0.166 e. The number of benzene rings is 2. The molecule has 0 aliphatic carbocycles. The molecule has 0 atom stereocenters. The molecule has 2 aromatic carbocycles. The van der Waals surface area contributed by atoms with Crippen LogP contribution in [0, 0.1) is 6.92 Å².